The Bertz CT molecular complexity index is 1100. The molecule has 2 aliphatic heterocycles. The molecule has 0 bridgehead atoms. The number of nitrogens with one attached hydrogen (secondary N) is 1. The van der Waals surface area contributed by atoms with Crippen molar-refractivity contribution in [2.75, 3.05) is 36.4 Å². The normalized spacial score (nSPS) is 17.2. The number of allylic oxidation sites excluding steroid dienone is 2. The van der Waals surface area contributed by atoms with Crippen LogP contribution in [0.15, 0.2) is 35.7 Å². The van der Waals surface area contributed by atoms with Gasteiger partial charge in [-0.2, -0.15) is 13.2 Å². The minimum absolute atomic E-state index is 0.149. The number of aromatic nitrogens is 1. The number of alkyl halides is 3. The third kappa shape index (κ3) is 6.27. The first kappa shape index (κ1) is 26.2. The number of rotatable bonds is 7. The second-order valence-corrected chi connectivity index (χ2v) is 10.1. The van der Waals surface area contributed by atoms with Crippen LogP contribution in [0.3, 0.4) is 0 Å². The zero-order chi connectivity index (χ0) is 25.7. The van der Waals surface area contributed by atoms with Crippen LogP contribution < -0.4 is 10.2 Å². The summed E-state index contributed by atoms with van der Waals surface area (Å²) in [4.78, 5) is 33.7. The summed E-state index contributed by atoms with van der Waals surface area (Å²) in [6.07, 6.45) is 4.15. The number of hydrogen-bond donors (Lipinski definition) is 1. The Morgan fingerprint density at radius 1 is 1.17 bits per heavy atom. The quantitative estimate of drug-likeness (QED) is 0.450. The summed E-state index contributed by atoms with van der Waals surface area (Å²) >= 11 is 1.38. The highest BCUT2D eigenvalue weighted by Crippen LogP contribution is 2.37. The van der Waals surface area contributed by atoms with Crippen molar-refractivity contribution in [3.63, 3.8) is 0 Å². The molecule has 2 amide bonds. The summed E-state index contributed by atoms with van der Waals surface area (Å²) in [7, 11) is 0. The van der Waals surface area contributed by atoms with Crippen molar-refractivity contribution in [3.8, 4) is 0 Å². The van der Waals surface area contributed by atoms with Crippen molar-refractivity contribution < 1.29 is 22.8 Å². The molecule has 3 heterocycles. The van der Waals surface area contributed by atoms with E-state index in [2.05, 4.69) is 10.3 Å². The monoisotopic (exact) mass is 520 g/mol. The molecular weight excluding hydrogens is 489 g/mol. The van der Waals surface area contributed by atoms with E-state index in [1.54, 1.807) is 5.38 Å². The Labute approximate surface area is 213 Å². The maximum Gasteiger partial charge on any atom is 0.416 e. The number of benzene rings is 1. The number of thiazole rings is 1. The summed E-state index contributed by atoms with van der Waals surface area (Å²) < 4.78 is 40.0. The van der Waals surface area contributed by atoms with Crippen LogP contribution >= 0.6 is 11.3 Å². The lowest BCUT2D eigenvalue weighted by Gasteiger charge is -2.31. The number of carbonyl (C=O) groups excluding carboxylic acids is 2. The molecule has 0 unspecified atom stereocenters. The topological polar surface area (TPSA) is 65.5 Å². The molecule has 6 nitrogen and oxygen atoms in total. The molecule has 0 radical (unpaired) electrons. The van der Waals surface area contributed by atoms with E-state index in [9.17, 15) is 22.8 Å². The fourth-order valence-corrected chi connectivity index (χ4v) is 5.69. The predicted molar refractivity (Wildman–Crippen MR) is 136 cm³/mol. The minimum atomic E-state index is -4.50. The molecule has 0 saturated carbocycles. The van der Waals surface area contributed by atoms with Crippen molar-refractivity contribution in [1.82, 2.24) is 9.88 Å². The largest absolute Gasteiger partial charge is 0.416 e. The van der Waals surface area contributed by atoms with E-state index in [1.807, 2.05) is 28.9 Å². The van der Waals surface area contributed by atoms with Gasteiger partial charge >= 0.3 is 6.18 Å². The van der Waals surface area contributed by atoms with E-state index in [0.717, 1.165) is 62.3 Å². The van der Waals surface area contributed by atoms with E-state index in [0.29, 0.717) is 25.2 Å². The molecule has 2 aromatic rings. The van der Waals surface area contributed by atoms with Gasteiger partial charge in [0.25, 0.3) is 5.91 Å². The zero-order valence-corrected chi connectivity index (χ0v) is 21.1. The molecule has 1 aromatic heterocycles. The summed E-state index contributed by atoms with van der Waals surface area (Å²) in [5, 5.41) is 5.16. The summed E-state index contributed by atoms with van der Waals surface area (Å²) in [6, 6.07) is 3.49. The van der Waals surface area contributed by atoms with Gasteiger partial charge in [0, 0.05) is 43.9 Å². The molecule has 4 rings (SSSR count). The summed E-state index contributed by atoms with van der Waals surface area (Å²) in [6.45, 7) is 4.73. The Morgan fingerprint density at radius 3 is 2.56 bits per heavy atom. The fourth-order valence-electron chi connectivity index (χ4n) is 4.72. The lowest BCUT2D eigenvalue weighted by Crippen LogP contribution is -2.37. The van der Waals surface area contributed by atoms with E-state index >= 15 is 0 Å². The van der Waals surface area contributed by atoms with Gasteiger partial charge in [-0.1, -0.05) is 12.2 Å². The van der Waals surface area contributed by atoms with Crippen LogP contribution in [-0.4, -0.2) is 47.9 Å². The average molecular weight is 521 g/mol. The highest BCUT2D eigenvalue weighted by atomic mass is 32.1. The zero-order valence-electron chi connectivity index (χ0n) is 20.3. The Morgan fingerprint density at radius 2 is 1.89 bits per heavy atom. The molecule has 1 aromatic carbocycles. The Balaban J connectivity index is 1.41. The van der Waals surface area contributed by atoms with Crippen LogP contribution in [0.5, 0.6) is 0 Å². The number of likely N-dealkylation sites (tertiary alicyclic amines) is 1. The highest BCUT2D eigenvalue weighted by Gasteiger charge is 2.32. The second-order valence-electron chi connectivity index (χ2n) is 9.21. The van der Waals surface area contributed by atoms with Gasteiger partial charge in [0.1, 0.15) is 5.69 Å². The third-order valence-corrected chi connectivity index (χ3v) is 7.74. The average Bonchev–Trinajstić information content (AvgIpc) is 3.56. The molecule has 10 heteroatoms. The minimum Gasteiger partial charge on any atom is -0.370 e. The van der Waals surface area contributed by atoms with Crippen molar-refractivity contribution in [1.29, 1.82) is 0 Å². The Hall–Kier alpha value is -2.88. The molecule has 0 aliphatic carbocycles. The number of nitrogens with zero attached hydrogens (tertiary/aromatic N) is 3. The van der Waals surface area contributed by atoms with Gasteiger partial charge in [-0.05, 0) is 57.2 Å². The van der Waals surface area contributed by atoms with Crippen molar-refractivity contribution in [2.45, 2.75) is 57.5 Å². The molecule has 1 N–H and O–H groups in total. The number of carbonyl (C=O) groups is 2. The molecule has 194 valence electrons. The van der Waals surface area contributed by atoms with Gasteiger partial charge in [-0.25, -0.2) is 4.98 Å². The maximum absolute atomic E-state index is 13.3. The highest BCUT2D eigenvalue weighted by molar-refractivity contribution is 7.10. The third-order valence-electron chi connectivity index (χ3n) is 6.73. The summed E-state index contributed by atoms with van der Waals surface area (Å²) in [5.41, 5.74) is 0.142. The van der Waals surface area contributed by atoms with Crippen LogP contribution in [0.25, 0.3) is 0 Å². The number of halogens is 3. The lowest BCUT2D eigenvalue weighted by molar-refractivity contribution is -0.137. The van der Waals surface area contributed by atoms with Crippen LogP contribution in [0.4, 0.5) is 24.5 Å². The Kier molecular flexibility index (Phi) is 8.33. The van der Waals surface area contributed by atoms with E-state index in [1.165, 1.54) is 17.4 Å². The molecule has 2 saturated heterocycles. The molecular formula is C26H31F3N4O2S. The van der Waals surface area contributed by atoms with Gasteiger partial charge in [0.2, 0.25) is 5.91 Å². The number of piperidine rings is 1. The van der Waals surface area contributed by atoms with Crippen molar-refractivity contribution >= 4 is 34.5 Å². The van der Waals surface area contributed by atoms with Gasteiger partial charge in [-0.15, -0.1) is 11.3 Å². The van der Waals surface area contributed by atoms with Gasteiger partial charge < -0.3 is 15.1 Å². The number of anilines is 2. The SMILES string of the molecule is CC=CCCC(=O)N1CCC(c2nc(C(=O)Nc3cc(C(F)(F)F)ccc3N3CCCC3)cs2)CC1. The molecule has 36 heavy (non-hydrogen) atoms. The standard InChI is InChI=1S/C26H31F3N4O2S/c1-2-3-4-7-23(34)33-14-10-18(11-15-33)25-31-21(17-36-25)24(35)30-20-16-19(26(27,28)29)8-9-22(20)32-12-5-6-13-32/h2-3,8-9,16-18H,4-7,10-15H2,1H3,(H,30,35). The van der Waals surface area contributed by atoms with Crippen molar-refractivity contribution in [2.24, 2.45) is 0 Å². The van der Waals surface area contributed by atoms with Gasteiger partial charge in [0.05, 0.1) is 21.9 Å². The van der Waals surface area contributed by atoms with Crippen molar-refractivity contribution in [3.05, 3.63) is 52.0 Å². The molecule has 0 spiro atoms. The number of amides is 2. The van der Waals surface area contributed by atoms with E-state index in [-0.39, 0.29) is 23.2 Å². The van der Waals surface area contributed by atoms with Crippen LogP contribution in [0.1, 0.15) is 72.4 Å². The molecule has 0 atom stereocenters. The van der Waals surface area contributed by atoms with E-state index < -0.39 is 17.6 Å². The predicted octanol–water partition coefficient (Wildman–Crippen LogP) is 6.08. The van der Waals surface area contributed by atoms with Crippen LogP contribution in [0.2, 0.25) is 0 Å². The van der Waals surface area contributed by atoms with Gasteiger partial charge in [-0.3, -0.25) is 9.59 Å². The van der Waals surface area contributed by atoms with Crippen LogP contribution in [0, 0.1) is 0 Å². The summed E-state index contributed by atoms with van der Waals surface area (Å²) in [5.74, 6) is -0.209. The first-order valence-corrected chi connectivity index (χ1v) is 13.3. The van der Waals surface area contributed by atoms with Crippen LogP contribution in [-0.2, 0) is 11.0 Å². The van der Waals surface area contributed by atoms with E-state index in [4.69, 9.17) is 0 Å². The first-order chi connectivity index (χ1) is 17.3. The molecule has 2 fully saturated rings. The maximum atomic E-state index is 13.3. The lowest BCUT2D eigenvalue weighted by atomic mass is 9.97. The smallest absolute Gasteiger partial charge is 0.370 e. The second kappa shape index (κ2) is 11.5. The number of hydrogen-bond acceptors (Lipinski definition) is 5. The first-order valence-electron chi connectivity index (χ1n) is 12.4. The fraction of sp³-hybridized carbons (Fsp3) is 0.500. The van der Waals surface area contributed by atoms with Gasteiger partial charge in [0.15, 0.2) is 0 Å². The molecule has 2 aliphatic rings.